The van der Waals surface area contributed by atoms with E-state index >= 15 is 0 Å². The Hall–Kier alpha value is 0.660. The molecule has 0 amide bonds. The van der Waals surface area contributed by atoms with Crippen molar-refractivity contribution in [3.8, 4) is 0 Å². The zero-order valence-electron chi connectivity index (χ0n) is 6.08. The van der Waals surface area contributed by atoms with Crippen LogP contribution in [0.1, 0.15) is 12.8 Å². The summed E-state index contributed by atoms with van der Waals surface area (Å²) in [6, 6.07) is 0. The molecule has 3 heteroatoms. The Bertz CT molecular complexity index is 81.7. The van der Waals surface area contributed by atoms with Crippen LogP contribution >= 0.6 is 24.4 Å². The molecule has 0 unspecified atom stereocenters. The van der Waals surface area contributed by atoms with E-state index in [1.807, 2.05) is 11.8 Å². The Labute approximate surface area is 72.3 Å². The molecule has 0 N–H and O–H groups in total. The van der Waals surface area contributed by atoms with Crippen molar-refractivity contribution in [2.75, 3.05) is 24.7 Å². The highest BCUT2D eigenvalue weighted by Crippen LogP contribution is 2.21. The van der Waals surface area contributed by atoms with Gasteiger partial charge in [-0.2, -0.15) is 24.4 Å². The van der Waals surface area contributed by atoms with E-state index in [0.717, 1.165) is 24.2 Å². The summed E-state index contributed by atoms with van der Waals surface area (Å²) in [6.07, 6.45) is 2.47. The van der Waals surface area contributed by atoms with Gasteiger partial charge in [0.25, 0.3) is 0 Å². The molecule has 0 aromatic carbocycles. The molecule has 10 heavy (non-hydrogen) atoms. The van der Waals surface area contributed by atoms with Crippen molar-refractivity contribution in [2.24, 2.45) is 0 Å². The third-order valence-corrected chi connectivity index (χ3v) is 3.52. The number of thioether (sulfide) groups is 1. The second-order valence-electron chi connectivity index (χ2n) is 2.41. The monoisotopic (exact) mass is 178 g/mol. The van der Waals surface area contributed by atoms with Gasteiger partial charge in [-0.3, -0.25) is 0 Å². The summed E-state index contributed by atoms with van der Waals surface area (Å²) in [7, 11) is 0. The minimum absolute atomic E-state index is 0.848. The largest absolute Gasteiger partial charge is 0.381 e. The van der Waals surface area contributed by atoms with Crippen molar-refractivity contribution in [3.05, 3.63) is 0 Å². The number of ether oxygens (including phenoxy) is 1. The molecule has 0 aromatic rings. The lowest BCUT2D eigenvalue weighted by atomic mass is 10.2. The molecule has 1 aliphatic heterocycles. The van der Waals surface area contributed by atoms with Crippen LogP contribution in [-0.4, -0.2) is 30.0 Å². The van der Waals surface area contributed by atoms with Crippen LogP contribution in [0.3, 0.4) is 0 Å². The first-order valence-electron chi connectivity index (χ1n) is 3.73. The van der Waals surface area contributed by atoms with E-state index in [1.165, 1.54) is 18.6 Å². The third-order valence-electron chi connectivity index (χ3n) is 1.61. The van der Waals surface area contributed by atoms with Gasteiger partial charge in [-0.15, -0.1) is 0 Å². The van der Waals surface area contributed by atoms with Crippen LogP contribution < -0.4 is 0 Å². The highest BCUT2D eigenvalue weighted by molar-refractivity contribution is 8.00. The maximum absolute atomic E-state index is 5.25. The van der Waals surface area contributed by atoms with E-state index in [0.29, 0.717) is 0 Å². The van der Waals surface area contributed by atoms with E-state index in [-0.39, 0.29) is 0 Å². The van der Waals surface area contributed by atoms with Crippen molar-refractivity contribution in [1.82, 2.24) is 0 Å². The number of hydrogen-bond acceptors (Lipinski definition) is 3. The summed E-state index contributed by atoms with van der Waals surface area (Å²) in [5, 5.41) is 0.848. The van der Waals surface area contributed by atoms with Gasteiger partial charge in [0, 0.05) is 24.2 Å². The van der Waals surface area contributed by atoms with E-state index in [2.05, 4.69) is 12.6 Å². The summed E-state index contributed by atoms with van der Waals surface area (Å²) >= 11 is 6.21. The van der Waals surface area contributed by atoms with Crippen molar-refractivity contribution in [1.29, 1.82) is 0 Å². The highest BCUT2D eigenvalue weighted by atomic mass is 32.2. The summed E-state index contributed by atoms with van der Waals surface area (Å²) in [4.78, 5) is 0. The number of rotatable bonds is 3. The van der Waals surface area contributed by atoms with Gasteiger partial charge in [0.15, 0.2) is 0 Å². The SMILES string of the molecule is SCCSC1CCOCC1. The molecule has 0 aromatic heterocycles. The van der Waals surface area contributed by atoms with E-state index < -0.39 is 0 Å². The van der Waals surface area contributed by atoms with Gasteiger partial charge >= 0.3 is 0 Å². The van der Waals surface area contributed by atoms with E-state index in [1.54, 1.807) is 0 Å². The van der Waals surface area contributed by atoms with Crippen molar-refractivity contribution in [3.63, 3.8) is 0 Å². The van der Waals surface area contributed by atoms with Crippen LogP contribution in [-0.2, 0) is 4.74 Å². The van der Waals surface area contributed by atoms with Crippen molar-refractivity contribution < 1.29 is 4.74 Å². The second-order valence-corrected chi connectivity index (χ2v) is 4.26. The van der Waals surface area contributed by atoms with Crippen LogP contribution in [0.25, 0.3) is 0 Å². The number of hydrogen-bond donors (Lipinski definition) is 1. The predicted molar refractivity (Wildman–Crippen MR) is 50.2 cm³/mol. The fraction of sp³-hybridized carbons (Fsp3) is 1.00. The molecule has 0 aliphatic carbocycles. The maximum atomic E-state index is 5.25. The molecular weight excluding hydrogens is 164 g/mol. The van der Waals surface area contributed by atoms with E-state index in [4.69, 9.17) is 4.74 Å². The first kappa shape index (κ1) is 8.75. The van der Waals surface area contributed by atoms with Crippen LogP contribution in [0, 0.1) is 0 Å². The van der Waals surface area contributed by atoms with E-state index in [9.17, 15) is 0 Å². The molecular formula is C7H14OS2. The summed E-state index contributed by atoms with van der Waals surface area (Å²) in [5.41, 5.74) is 0. The van der Waals surface area contributed by atoms with Crippen LogP contribution in [0.15, 0.2) is 0 Å². The average Bonchev–Trinajstić information content (AvgIpc) is 2.03. The molecule has 0 atom stereocenters. The van der Waals surface area contributed by atoms with Gasteiger partial charge in [-0.1, -0.05) is 0 Å². The fourth-order valence-corrected chi connectivity index (χ4v) is 2.34. The Balaban J connectivity index is 2.02. The van der Waals surface area contributed by atoms with Crippen LogP contribution in [0.5, 0.6) is 0 Å². The van der Waals surface area contributed by atoms with Crippen molar-refractivity contribution in [2.45, 2.75) is 18.1 Å². The zero-order chi connectivity index (χ0) is 7.23. The van der Waals surface area contributed by atoms with Gasteiger partial charge in [0.1, 0.15) is 0 Å². The standard InChI is InChI=1S/C7H14OS2/c9-5-6-10-7-1-3-8-4-2-7/h7,9H,1-6H2. The van der Waals surface area contributed by atoms with Gasteiger partial charge in [-0.25, -0.2) is 0 Å². The smallest absolute Gasteiger partial charge is 0.0476 e. The first-order chi connectivity index (χ1) is 4.93. The van der Waals surface area contributed by atoms with Crippen molar-refractivity contribution >= 4 is 24.4 Å². The summed E-state index contributed by atoms with van der Waals surface area (Å²) in [6.45, 7) is 1.93. The van der Waals surface area contributed by atoms with Gasteiger partial charge < -0.3 is 4.74 Å². The topological polar surface area (TPSA) is 9.23 Å². The highest BCUT2D eigenvalue weighted by Gasteiger charge is 2.12. The van der Waals surface area contributed by atoms with Gasteiger partial charge in [0.05, 0.1) is 0 Å². The molecule has 0 spiro atoms. The maximum Gasteiger partial charge on any atom is 0.0476 e. The fourth-order valence-electron chi connectivity index (χ4n) is 1.06. The molecule has 1 heterocycles. The summed E-state index contributed by atoms with van der Waals surface area (Å²) in [5.74, 6) is 2.19. The second kappa shape index (κ2) is 5.33. The lowest BCUT2D eigenvalue weighted by molar-refractivity contribution is 0.100. The molecule has 1 fully saturated rings. The lowest BCUT2D eigenvalue weighted by Crippen LogP contribution is -2.17. The minimum atomic E-state index is 0.848. The molecule has 1 aliphatic rings. The summed E-state index contributed by atoms with van der Waals surface area (Å²) < 4.78 is 5.25. The third kappa shape index (κ3) is 3.17. The molecule has 0 bridgehead atoms. The van der Waals surface area contributed by atoms with Crippen LogP contribution in [0.4, 0.5) is 0 Å². The Kier molecular flexibility index (Phi) is 4.66. The van der Waals surface area contributed by atoms with Crippen LogP contribution in [0.2, 0.25) is 0 Å². The zero-order valence-corrected chi connectivity index (χ0v) is 7.79. The Morgan fingerprint density at radius 2 is 2.10 bits per heavy atom. The molecule has 1 nitrogen and oxygen atoms in total. The minimum Gasteiger partial charge on any atom is -0.381 e. The van der Waals surface area contributed by atoms with Gasteiger partial charge in [-0.05, 0) is 18.6 Å². The molecule has 60 valence electrons. The molecule has 1 rings (SSSR count). The number of thiol groups is 1. The predicted octanol–water partition coefficient (Wildman–Crippen LogP) is 1.83. The Morgan fingerprint density at radius 1 is 1.40 bits per heavy atom. The van der Waals surface area contributed by atoms with Gasteiger partial charge in [0.2, 0.25) is 0 Å². The first-order valence-corrected chi connectivity index (χ1v) is 5.42. The average molecular weight is 178 g/mol. The molecule has 1 saturated heterocycles. The Morgan fingerprint density at radius 3 is 2.70 bits per heavy atom. The quantitative estimate of drug-likeness (QED) is 0.660. The lowest BCUT2D eigenvalue weighted by Gasteiger charge is -2.20. The molecule has 0 radical (unpaired) electrons. The normalized spacial score (nSPS) is 21.3. The molecule has 0 saturated carbocycles.